The van der Waals surface area contributed by atoms with Crippen LogP contribution in [-0.2, 0) is 6.54 Å². The van der Waals surface area contributed by atoms with Crippen LogP contribution in [0.15, 0.2) is 30.5 Å². The van der Waals surface area contributed by atoms with Gasteiger partial charge in [0.1, 0.15) is 11.8 Å². The van der Waals surface area contributed by atoms with Gasteiger partial charge in [-0.05, 0) is 24.3 Å². The first-order valence-corrected chi connectivity index (χ1v) is 6.62. The molecule has 0 bridgehead atoms. The summed E-state index contributed by atoms with van der Waals surface area (Å²) < 4.78 is 1.56. The van der Waals surface area contributed by atoms with E-state index in [4.69, 9.17) is 28.3 Å². The number of allylic oxidation sites excluding steroid dienone is 1. The summed E-state index contributed by atoms with van der Waals surface area (Å²) in [7, 11) is 0. The number of rotatable bonds is 4. The van der Waals surface area contributed by atoms with E-state index in [1.54, 1.807) is 41.2 Å². The van der Waals surface area contributed by atoms with E-state index >= 15 is 0 Å². The SMILES string of the molecule is N#C/C(=C\c1c(Cl)cccc1Cl)c1ccn(CCO)n1. The maximum Gasteiger partial charge on any atom is 0.103 e. The lowest BCUT2D eigenvalue weighted by Crippen LogP contribution is -2.02. The van der Waals surface area contributed by atoms with Crippen molar-refractivity contribution in [2.45, 2.75) is 6.54 Å². The van der Waals surface area contributed by atoms with E-state index in [9.17, 15) is 5.26 Å². The number of aliphatic hydroxyl groups is 1. The van der Waals surface area contributed by atoms with Crippen molar-refractivity contribution in [3.8, 4) is 6.07 Å². The van der Waals surface area contributed by atoms with E-state index in [1.807, 2.05) is 0 Å². The van der Waals surface area contributed by atoms with Gasteiger partial charge in [-0.25, -0.2) is 0 Å². The Kier molecular flexibility index (Phi) is 4.80. The minimum absolute atomic E-state index is 0.0109. The molecule has 1 N–H and O–H groups in total. The molecular weight excluding hydrogens is 297 g/mol. The van der Waals surface area contributed by atoms with Crippen molar-refractivity contribution in [1.29, 1.82) is 5.26 Å². The molecule has 4 nitrogen and oxygen atoms in total. The van der Waals surface area contributed by atoms with Gasteiger partial charge in [0.2, 0.25) is 0 Å². The zero-order chi connectivity index (χ0) is 14.5. The van der Waals surface area contributed by atoms with Crippen LogP contribution in [0.3, 0.4) is 0 Å². The van der Waals surface area contributed by atoms with E-state index in [-0.39, 0.29) is 6.61 Å². The van der Waals surface area contributed by atoms with Gasteiger partial charge in [0, 0.05) is 21.8 Å². The van der Waals surface area contributed by atoms with Crippen molar-refractivity contribution in [2.24, 2.45) is 0 Å². The Balaban J connectivity index is 2.41. The second kappa shape index (κ2) is 6.58. The first-order valence-electron chi connectivity index (χ1n) is 5.86. The van der Waals surface area contributed by atoms with Crippen molar-refractivity contribution >= 4 is 34.9 Å². The maximum absolute atomic E-state index is 9.26. The van der Waals surface area contributed by atoms with Crippen molar-refractivity contribution in [3.05, 3.63) is 51.8 Å². The van der Waals surface area contributed by atoms with Crippen molar-refractivity contribution < 1.29 is 5.11 Å². The van der Waals surface area contributed by atoms with E-state index < -0.39 is 0 Å². The zero-order valence-electron chi connectivity index (χ0n) is 10.4. The molecule has 0 radical (unpaired) electrons. The van der Waals surface area contributed by atoms with Crippen LogP contribution in [0.5, 0.6) is 0 Å². The molecule has 2 rings (SSSR count). The Bertz CT molecular complexity index is 666. The molecule has 0 saturated heterocycles. The summed E-state index contributed by atoms with van der Waals surface area (Å²) in [6.07, 6.45) is 3.31. The summed E-state index contributed by atoms with van der Waals surface area (Å²) in [5, 5.41) is 23.3. The fraction of sp³-hybridized carbons (Fsp3) is 0.143. The summed E-state index contributed by atoms with van der Waals surface area (Å²) in [5.74, 6) is 0. The Labute approximate surface area is 126 Å². The number of halogens is 2. The minimum Gasteiger partial charge on any atom is -0.394 e. The molecule has 0 unspecified atom stereocenters. The van der Waals surface area contributed by atoms with Gasteiger partial charge in [0.15, 0.2) is 0 Å². The van der Waals surface area contributed by atoms with Crippen molar-refractivity contribution in [2.75, 3.05) is 6.61 Å². The molecule has 1 aromatic carbocycles. The van der Waals surface area contributed by atoms with Crippen LogP contribution in [0, 0.1) is 11.3 Å². The zero-order valence-corrected chi connectivity index (χ0v) is 11.9. The Morgan fingerprint density at radius 2 is 2.05 bits per heavy atom. The highest BCUT2D eigenvalue weighted by Crippen LogP contribution is 2.28. The second-order valence-corrected chi connectivity index (χ2v) is 4.81. The van der Waals surface area contributed by atoms with Crippen molar-refractivity contribution in [3.63, 3.8) is 0 Å². The van der Waals surface area contributed by atoms with Gasteiger partial charge in [0.25, 0.3) is 0 Å². The molecule has 0 fully saturated rings. The molecule has 0 aliphatic carbocycles. The van der Waals surface area contributed by atoms with Gasteiger partial charge in [-0.3, -0.25) is 4.68 Å². The quantitative estimate of drug-likeness (QED) is 0.882. The molecule has 0 spiro atoms. The fourth-order valence-corrected chi connectivity index (χ4v) is 2.20. The molecule has 2 aromatic rings. The molecule has 20 heavy (non-hydrogen) atoms. The third-order valence-corrected chi connectivity index (χ3v) is 3.31. The van der Waals surface area contributed by atoms with Gasteiger partial charge in [-0.2, -0.15) is 10.4 Å². The summed E-state index contributed by atoms with van der Waals surface area (Å²) in [5.41, 5.74) is 1.46. The van der Waals surface area contributed by atoms with Crippen LogP contribution in [0.1, 0.15) is 11.3 Å². The number of nitrogens with zero attached hydrogens (tertiary/aromatic N) is 3. The molecular formula is C14H11Cl2N3O. The molecule has 0 aliphatic rings. The Morgan fingerprint density at radius 3 is 2.65 bits per heavy atom. The van der Waals surface area contributed by atoms with E-state index in [0.29, 0.717) is 33.4 Å². The van der Waals surface area contributed by atoms with E-state index in [1.165, 1.54) is 0 Å². The fourth-order valence-electron chi connectivity index (χ4n) is 1.69. The smallest absolute Gasteiger partial charge is 0.103 e. The van der Waals surface area contributed by atoms with Crippen LogP contribution >= 0.6 is 23.2 Å². The van der Waals surface area contributed by atoms with E-state index in [2.05, 4.69) is 11.2 Å². The summed E-state index contributed by atoms with van der Waals surface area (Å²) in [6, 6.07) is 8.94. The highest BCUT2D eigenvalue weighted by molar-refractivity contribution is 6.37. The molecule has 0 atom stereocenters. The summed E-state index contributed by atoms with van der Waals surface area (Å²) in [4.78, 5) is 0. The molecule has 1 aromatic heterocycles. The predicted molar refractivity (Wildman–Crippen MR) is 79.3 cm³/mol. The standard InChI is InChI=1S/C14H11Cl2N3O/c15-12-2-1-3-13(16)11(12)8-10(9-17)14-4-5-19(18-14)6-7-20/h1-5,8,20H,6-7H2/b10-8+. The average Bonchev–Trinajstić information content (AvgIpc) is 2.87. The van der Waals surface area contributed by atoms with Gasteiger partial charge in [-0.1, -0.05) is 29.3 Å². The average molecular weight is 308 g/mol. The number of nitriles is 1. The van der Waals surface area contributed by atoms with Crippen LogP contribution < -0.4 is 0 Å². The number of aromatic nitrogens is 2. The number of hydrogen-bond acceptors (Lipinski definition) is 3. The largest absolute Gasteiger partial charge is 0.394 e. The van der Waals surface area contributed by atoms with Crippen LogP contribution in [0.25, 0.3) is 11.6 Å². The molecule has 6 heteroatoms. The topological polar surface area (TPSA) is 61.8 Å². The second-order valence-electron chi connectivity index (χ2n) is 3.99. The van der Waals surface area contributed by atoms with Crippen molar-refractivity contribution in [1.82, 2.24) is 9.78 Å². The monoisotopic (exact) mass is 307 g/mol. The third-order valence-electron chi connectivity index (χ3n) is 2.65. The van der Waals surface area contributed by atoms with Gasteiger partial charge >= 0.3 is 0 Å². The van der Waals surface area contributed by atoms with Crippen LogP contribution in [0.4, 0.5) is 0 Å². The lowest BCUT2D eigenvalue weighted by Gasteiger charge is -2.02. The number of aliphatic hydroxyl groups excluding tert-OH is 1. The van der Waals surface area contributed by atoms with E-state index in [0.717, 1.165) is 0 Å². The first-order chi connectivity index (χ1) is 9.65. The molecule has 0 saturated carbocycles. The van der Waals surface area contributed by atoms with Gasteiger partial charge < -0.3 is 5.11 Å². The number of hydrogen-bond donors (Lipinski definition) is 1. The first kappa shape index (κ1) is 14.6. The van der Waals surface area contributed by atoms with Gasteiger partial charge in [0.05, 0.1) is 18.7 Å². The lowest BCUT2D eigenvalue weighted by atomic mass is 10.1. The molecule has 0 amide bonds. The highest BCUT2D eigenvalue weighted by Gasteiger charge is 2.09. The lowest BCUT2D eigenvalue weighted by molar-refractivity contribution is 0.269. The van der Waals surface area contributed by atoms with Gasteiger partial charge in [-0.15, -0.1) is 0 Å². The molecule has 102 valence electrons. The predicted octanol–water partition coefficient (Wildman–Crippen LogP) is 3.25. The molecule has 0 aliphatic heterocycles. The summed E-state index contributed by atoms with van der Waals surface area (Å²) >= 11 is 12.2. The highest BCUT2D eigenvalue weighted by atomic mass is 35.5. The maximum atomic E-state index is 9.26. The third kappa shape index (κ3) is 3.20. The number of benzene rings is 1. The van der Waals surface area contributed by atoms with Crippen LogP contribution in [0.2, 0.25) is 10.0 Å². The Hall–Kier alpha value is -1.80. The normalized spacial score (nSPS) is 11.4. The Morgan fingerprint density at radius 1 is 1.35 bits per heavy atom. The summed E-state index contributed by atoms with van der Waals surface area (Å²) in [6.45, 7) is 0.370. The minimum atomic E-state index is -0.0109. The van der Waals surface area contributed by atoms with Crippen LogP contribution in [-0.4, -0.2) is 21.5 Å². The molecule has 1 heterocycles.